The van der Waals surface area contributed by atoms with Gasteiger partial charge in [-0.3, -0.25) is 4.98 Å². The Labute approximate surface area is 120 Å². The summed E-state index contributed by atoms with van der Waals surface area (Å²) in [6.45, 7) is 0.331. The van der Waals surface area contributed by atoms with Crippen LogP contribution in [0.5, 0.6) is 5.88 Å². The molecule has 0 saturated carbocycles. The number of carboxylic acid groups (broad SMARTS) is 1. The van der Waals surface area contributed by atoms with Gasteiger partial charge in [0.05, 0.1) is 5.56 Å². The van der Waals surface area contributed by atoms with E-state index in [1.807, 2.05) is 18.2 Å². The van der Waals surface area contributed by atoms with E-state index in [9.17, 15) is 4.79 Å². The number of aromatic nitrogens is 2. The minimum atomic E-state index is -0.973. The fourth-order valence-electron chi connectivity index (χ4n) is 2.02. The molecule has 0 aliphatic heterocycles. The van der Waals surface area contributed by atoms with Gasteiger partial charge >= 0.3 is 5.97 Å². The van der Waals surface area contributed by atoms with Crippen molar-refractivity contribution in [3.8, 4) is 5.88 Å². The van der Waals surface area contributed by atoms with Crippen LogP contribution in [0.4, 0.5) is 0 Å². The van der Waals surface area contributed by atoms with Crippen molar-refractivity contribution in [3.05, 3.63) is 66.1 Å². The van der Waals surface area contributed by atoms with E-state index in [0.29, 0.717) is 17.9 Å². The van der Waals surface area contributed by atoms with E-state index in [-0.39, 0.29) is 5.56 Å². The van der Waals surface area contributed by atoms with Crippen molar-refractivity contribution >= 4 is 16.7 Å². The van der Waals surface area contributed by atoms with Gasteiger partial charge < -0.3 is 9.84 Å². The third-order valence-corrected chi connectivity index (χ3v) is 3.07. The van der Waals surface area contributed by atoms with Gasteiger partial charge in [-0.15, -0.1) is 0 Å². The number of fused-ring (bicyclic) bond motifs is 1. The predicted octanol–water partition coefficient (Wildman–Crippen LogP) is 2.91. The Kier molecular flexibility index (Phi) is 3.47. The molecular weight excluding hydrogens is 268 g/mol. The molecule has 21 heavy (non-hydrogen) atoms. The van der Waals surface area contributed by atoms with Crippen LogP contribution in [0.2, 0.25) is 0 Å². The van der Waals surface area contributed by atoms with E-state index in [2.05, 4.69) is 9.97 Å². The molecule has 0 spiro atoms. The van der Waals surface area contributed by atoms with Crippen molar-refractivity contribution in [1.82, 2.24) is 9.97 Å². The van der Waals surface area contributed by atoms with Gasteiger partial charge in [-0.1, -0.05) is 12.1 Å². The highest BCUT2D eigenvalue weighted by molar-refractivity contribution is 5.96. The van der Waals surface area contributed by atoms with Crippen molar-refractivity contribution in [2.75, 3.05) is 0 Å². The summed E-state index contributed by atoms with van der Waals surface area (Å²) in [6, 6.07) is 10.4. The van der Waals surface area contributed by atoms with Gasteiger partial charge in [-0.05, 0) is 29.7 Å². The van der Waals surface area contributed by atoms with Gasteiger partial charge in [0.2, 0.25) is 5.88 Å². The Morgan fingerprint density at radius 2 is 2.10 bits per heavy atom. The van der Waals surface area contributed by atoms with Crippen LogP contribution < -0.4 is 4.74 Å². The van der Waals surface area contributed by atoms with E-state index in [1.54, 1.807) is 36.8 Å². The summed E-state index contributed by atoms with van der Waals surface area (Å²) < 4.78 is 5.70. The summed E-state index contributed by atoms with van der Waals surface area (Å²) in [5.74, 6) is -0.557. The van der Waals surface area contributed by atoms with Gasteiger partial charge in [0.15, 0.2) is 0 Å². The number of hydrogen-bond acceptors (Lipinski definition) is 4. The normalized spacial score (nSPS) is 10.5. The number of hydrogen-bond donors (Lipinski definition) is 1. The summed E-state index contributed by atoms with van der Waals surface area (Å²) in [5, 5.41) is 10.6. The Morgan fingerprint density at radius 1 is 1.19 bits per heavy atom. The van der Waals surface area contributed by atoms with Crippen LogP contribution in [0.1, 0.15) is 15.9 Å². The quantitative estimate of drug-likeness (QED) is 0.795. The van der Waals surface area contributed by atoms with Gasteiger partial charge in [-0.25, -0.2) is 9.78 Å². The smallest absolute Gasteiger partial charge is 0.335 e. The highest BCUT2D eigenvalue weighted by atomic mass is 16.5. The molecule has 0 atom stereocenters. The van der Waals surface area contributed by atoms with Crippen LogP contribution >= 0.6 is 0 Å². The van der Waals surface area contributed by atoms with E-state index in [4.69, 9.17) is 9.84 Å². The highest BCUT2D eigenvalue weighted by Gasteiger charge is 2.08. The van der Waals surface area contributed by atoms with Crippen LogP contribution in [0.3, 0.4) is 0 Å². The molecule has 2 heterocycles. The summed E-state index contributed by atoms with van der Waals surface area (Å²) in [4.78, 5) is 19.3. The van der Waals surface area contributed by atoms with Gasteiger partial charge in [0, 0.05) is 29.5 Å². The van der Waals surface area contributed by atoms with Crippen LogP contribution in [0, 0.1) is 0 Å². The van der Waals surface area contributed by atoms with Crippen molar-refractivity contribution < 1.29 is 14.6 Å². The Bertz CT molecular complexity index is 788. The molecule has 0 unspecified atom stereocenters. The van der Waals surface area contributed by atoms with E-state index in [1.165, 1.54) is 0 Å². The average molecular weight is 280 g/mol. The minimum absolute atomic E-state index is 0.210. The fraction of sp³-hybridized carbons (Fsp3) is 0.0625. The number of pyridine rings is 2. The summed E-state index contributed by atoms with van der Waals surface area (Å²) >= 11 is 0. The maximum absolute atomic E-state index is 11.1. The highest BCUT2D eigenvalue weighted by Crippen LogP contribution is 2.25. The third-order valence-electron chi connectivity index (χ3n) is 3.07. The zero-order chi connectivity index (χ0) is 14.7. The molecule has 0 fully saturated rings. The maximum atomic E-state index is 11.1. The Morgan fingerprint density at radius 3 is 2.86 bits per heavy atom. The number of aromatic carboxylic acids is 1. The van der Waals surface area contributed by atoms with Crippen molar-refractivity contribution in [1.29, 1.82) is 0 Å². The summed E-state index contributed by atoms with van der Waals surface area (Å²) in [6.07, 6.45) is 5.05. The number of rotatable bonds is 4. The second-order valence-corrected chi connectivity index (χ2v) is 4.51. The first-order valence-electron chi connectivity index (χ1n) is 6.38. The molecule has 0 aliphatic rings. The molecular formula is C16H12N2O3. The molecule has 2 aromatic heterocycles. The van der Waals surface area contributed by atoms with Gasteiger partial charge in [0.25, 0.3) is 0 Å². The fourth-order valence-corrected chi connectivity index (χ4v) is 2.02. The lowest BCUT2D eigenvalue weighted by Crippen LogP contribution is -2.00. The predicted molar refractivity (Wildman–Crippen MR) is 77.3 cm³/mol. The van der Waals surface area contributed by atoms with Crippen molar-refractivity contribution in [2.24, 2.45) is 0 Å². The minimum Gasteiger partial charge on any atom is -0.478 e. The van der Waals surface area contributed by atoms with Crippen LogP contribution in [-0.4, -0.2) is 21.0 Å². The standard InChI is InChI=1S/C16H12N2O3/c19-16(20)13-4-3-12-5-7-18-15(14(12)8-13)21-10-11-2-1-6-17-9-11/h1-9H,10H2,(H,19,20). The summed E-state index contributed by atoms with van der Waals surface area (Å²) in [5.41, 5.74) is 1.13. The van der Waals surface area contributed by atoms with E-state index >= 15 is 0 Å². The molecule has 1 N–H and O–H groups in total. The molecule has 0 bridgehead atoms. The molecule has 5 heteroatoms. The SMILES string of the molecule is O=C(O)c1ccc2ccnc(OCc3cccnc3)c2c1. The first-order valence-corrected chi connectivity index (χ1v) is 6.38. The molecule has 0 saturated heterocycles. The molecule has 3 aromatic rings. The second kappa shape index (κ2) is 5.58. The lowest BCUT2D eigenvalue weighted by molar-refractivity contribution is 0.0697. The van der Waals surface area contributed by atoms with Crippen LogP contribution in [0.25, 0.3) is 10.8 Å². The van der Waals surface area contributed by atoms with Gasteiger partial charge in [0.1, 0.15) is 6.61 Å². The molecule has 104 valence electrons. The van der Waals surface area contributed by atoms with Crippen LogP contribution in [-0.2, 0) is 6.61 Å². The average Bonchev–Trinajstić information content (AvgIpc) is 2.53. The molecule has 3 rings (SSSR count). The van der Waals surface area contributed by atoms with Gasteiger partial charge in [-0.2, -0.15) is 0 Å². The lowest BCUT2D eigenvalue weighted by Gasteiger charge is -2.08. The first kappa shape index (κ1) is 13.1. The number of carboxylic acids is 1. The largest absolute Gasteiger partial charge is 0.478 e. The number of carbonyl (C=O) groups is 1. The Balaban J connectivity index is 1.94. The molecule has 0 radical (unpaired) electrons. The summed E-state index contributed by atoms with van der Waals surface area (Å²) in [7, 11) is 0. The molecule has 5 nitrogen and oxygen atoms in total. The zero-order valence-corrected chi connectivity index (χ0v) is 11.1. The molecule has 0 amide bonds. The van der Waals surface area contributed by atoms with E-state index < -0.39 is 5.97 Å². The van der Waals surface area contributed by atoms with Crippen molar-refractivity contribution in [3.63, 3.8) is 0 Å². The number of nitrogens with zero attached hydrogens (tertiary/aromatic N) is 2. The van der Waals surface area contributed by atoms with E-state index in [0.717, 1.165) is 10.9 Å². The lowest BCUT2D eigenvalue weighted by atomic mass is 10.1. The topological polar surface area (TPSA) is 72.3 Å². The third kappa shape index (κ3) is 2.81. The molecule has 0 aliphatic carbocycles. The maximum Gasteiger partial charge on any atom is 0.335 e. The number of ether oxygens (including phenoxy) is 1. The monoisotopic (exact) mass is 280 g/mol. The Hall–Kier alpha value is -2.95. The molecule has 1 aromatic carbocycles. The zero-order valence-electron chi connectivity index (χ0n) is 11.1. The van der Waals surface area contributed by atoms with Crippen LogP contribution in [0.15, 0.2) is 55.0 Å². The first-order chi connectivity index (χ1) is 10.2. The second-order valence-electron chi connectivity index (χ2n) is 4.51. The van der Waals surface area contributed by atoms with Crippen molar-refractivity contribution in [2.45, 2.75) is 6.61 Å². The number of benzene rings is 1.